The Hall–Kier alpha value is -0.170. The molecule has 6 heteroatoms. The Labute approximate surface area is 110 Å². The second kappa shape index (κ2) is 5.86. The van der Waals surface area contributed by atoms with E-state index in [1.54, 1.807) is 0 Å². The number of hydrogen-bond acceptors (Lipinski definition) is 5. The largest absolute Gasteiger partial charge is 0.329 e. The molecule has 5 nitrogen and oxygen atoms in total. The first kappa shape index (κ1) is 14.2. The van der Waals surface area contributed by atoms with Crippen LogP contribution < -0.4 is 5.73 Å². The minimum Gasteiger partial charge on any atom is -0.329 e. The molecule has 2 N–H and O–H groups in total. The lowest BCUT2D eigenvalue weighted by Gasteiger charge is -2.40. The van der Waals surface area contributed by atoms with Crippen LogP contribution in [0.25, 0.3) is 0 Å². The van der Waals surface area contributed by atoms with Gasteiger partial charge in [0.2, 0.25) is 0 Å². The number of sulfone groups is 1. The van der Waals surface area contributed by atoms with Gasteiger partial charge in [-0.3, -0.25) is 9.80 Å². The van der Waals surface area contributed by atoms with Crippen molar-refractivity contribution in [3.05, 3.63) is 0 Å². The molecule has 0 amide bonds. The van der Waals surface area contributed by atoms with E-state index in [-0.39, 0.29) is 6.04 Å². The van der Waals surface area contributed by atoms with E-state index < -0.39 is 9.84 Å². The molecule has 0 bridgehead atoms. The van der Waals surface area contributed by atoms with Gasteiger partial charge in [-0.25, -0.2) is 8.42 Å². The number of rotatable bonds is 4. The zero-order valence-electron chi connectivity index (χ0n) is 11.2. The standard InChI is InChI=1S/C12H25N3O2S/c1-2-11(9-13)14-4-6-15(7-5-14)12-3-8-18(16,17)10-12/h11-12H,2-10,13H2,1H3. The number of piperazine rings is 1. The average Bonchev–Trinajstić information content (AvgIpc) is 2.72. The molecule has 2 rings (SSSR count). The Bertz CT molecular complexity index is 360. The highest BCUT2D eigenvalue weighted by atomic mass is 32.2. The molecule has 0 spiro atoms. The fraction of sp³-hybridized carbons (Fsp3) is 1.00. The first-order chi connectivity index (χ1) is 8.55. The summed E-state index contributed by atoms with van der Waals surface area (Å²) in [5.41, 5.74) is 5.77. The van der Waals surface area contributed by atoms with Crippen LogP contribution in [-0.4, -0.2) is 74.5 Å². The normalized spacial score (nSPS) is 31.6. The second-order valence-electron chi connectivity index (χ2n) is 5.43. The highest BCUT2D eigenvalue weighted by Crippen LogP contribution is 2.20. The molecule has 0 saturated carbocycles. The maximum Gasteiger partial charge on any atom is 0.151 e. The van der Waals surface area contributed by atoms with Crippen molar-refractivity contribution in [2.45, 2.75) is 31.8 Å². The second-order valence-corrected chi connectivity index (χ2v) is 7.66. The molecule has 2 saturated heterocycles. The molecule has 0 aromatic carbocycles. The van der Waals surface area contributed by atoms with Crippen LogP contribution in [0.4, 0.5) is 0 Å². The van der Waals surface area contributed by atoms with Crippen LogP contribution in [0.2, 0.25) is 0 Å². The summed E-state index contributed by atoms with van der Waals surface area (Å²) in [6.45, 7) is 6.90. The predicted octanol–water partition coefficient (Wildman–Crippen LogP) is -0.472. The Morgan fingerprint density at radius 2 is 1.94 bits per heavy atom. The van der Waals surface area contributed by atoms with Crippen molar-refractivity contribution in [2.75, 3.05) is 44.2 Å². The molecular weight excluding hydrogens is 250 g/mol. The minimum absolute atomic E-state index is 0.259. The third-order valence-electron chi connectivity index (χ3n) is 4.33. The van der Waals surface area contributed by atoms with E-state index in [1.807, 2.05) is 0 Å². The van der Waals surface area contributed by atoms with Crippen LogP contribution in [0.1, 0.15) is 19.8 Å². The summed E-state index contributed by atoms with van der Waals surface area (Å²) in [6, 6.07) is 0.745. The average molecular weight is 275 g/mol. The molecule has 0 aromatic rings. The van der Waals surface area contributed by atoms with Crippen LogP contribution in [0, 0.1) is 0 Å². The predicted molar refractivity (Wildman–Crippen MR) is 73.3 cm³/mol. The van der Waals surface area contributed by atoms with Gasteiger partial charge in [-0.1, -0.05) is 6.92 Å². The fourth-order valence-electron chi connectivity index (χ4n) is 3.10. The van der Waals surface area contributed by atoms with Crippen LogP contribution in [0.5, 0.6) is 0 Å². The molecule has 0 aliphatic carbocycles. The maximum atomic E-state index is 11.5. The molecule has 2 fully saturated rings. The van der Waals surface area contributed by atoms with Gasteiger partial charge in [-0.15, -0.1) is 0 Å². The van der Waals surface area contributed by atoms with Gasteiger partial charge in [-0.05, 0) is 12.8 Å². The molecule has 2 heterocycles. The first-order valence-electron chi connectivity index (χ1n) is 6.94. The molecule has 106 valence electrons. The summed E-state index contributed by atoms with van der Waals surface area (Å²) in [5.74, 6) is 0.735. The number of nitrogens with zero attached hydrogens (tertiary/aromatic N) is 2. The molecule has 0 aromatic heterocycles. The molecule has 0 radical (unpaired) electrons. The van der Waals surface area contributed by atoms with Crippen molar-refractivity contribution >= 4 is 9.84 Å². The van der Waals surface area contributed by atoms with E-state index in [0.29, 0.717) is 24.1 Å². The van der Waals surface area contributed by atoms with Crippen molar-refractivity contribution in [3.63, 3.8) is 0 Å². The molecule has 2 atom stereocenters. The van der Waals surface area contributed by atoms with Gasteiger partial charge in [-0.2, -0.15) is 0 Å². The molecule has 2 unspecified atom stereocenters. The van der Waals surface area contributed by atoms with Gasteiger partial charge < -0.3 is 5.73 Å². The Morgan fingerprint density at radius 3 is 2.39 bits per heavy atom. The van der Waals surface area contributed by atoms with Crippen LogP contribution in [0.3, 0.4) is 0 Å². The van der Waals surface area contributed by atoms with Crippen LogP contribution in [0.15, 0.2) is 0 Å². The molecule has 2 aliphatic heterocycles. The minimum atomic E-state index is -2.76. The molecule has 2 aliphatic rings. The third-order valence-corrected chi connectivity index (χ3v) is 6.08. The maximum absolute atomic E-state index is 11.5. The summed E-state index contributed by atoms with van der Waals surface area (Å²) in [7, 11) is -2.76. The van der Waals surface area contributed by atoms with Gasteiger partial charge in [0.05, 0.1) is 11.5 Å². The Balaban J connectivity index is 1.84. The van der Waals surface area contributed by atoms with E-state index in [2.05, 4.69) is 16.7 Å². The SMILES string of the molecule is CCC(CN)N1CCN(C2CCS(=O)(=O)C2)CC1. The summed E-state index contributed by atoms with van der Waals surface area (Å²) < 4.78 is 23.0. The zero-order valence-corrected chi connectivity index (χ0v) is 12.0. The summed E-state index contributed by atoms with van der Waals surface area (Å²) in [5, 5.41) is 0. The number of nitrogens with two attached hydrogens (primary N) is 1. The van der Waals surface area contributed by atoms with E-state index in [0.717, 1.165) is 39.0 Å². The van der Waals surface area contributed by atoms with Crippen LogP contribution in [-0.2, 0) is 9.84 Å². The lowest BCUT2D eigenvalue weighted by molar-refractivity contribution is 0.0762. The zero-order chi connectivity index (χ0) is 13.2. The molecule has 18 heavy (non-hydrogen) atoms. The quantitative estimate of drug-likeness (QED) is 0.751. The van der Waals surface area contributed by atoms with Gasteiger partial charge >= 0.3 is 0 Å². The monoisotopic (exact) mass is 275 g/mol. The number of hydrogen-bond donors (Lipinski definition) is 1. The Kier molecular flexibility index (Phi) is 4.64. The highest BCUT2D eigenvalue weighted by Gasteiger charge is 2.34. The third kappa shape index (κ3) is 3.23. The summed E-state index contributed by atoms with van der Waals surface area (Å²) in [4.78, 5) is 4.80. The van der Waals surface area contributed by atoms with E-state index in [1.165, 1.54) is 0 Å². The smallest absolute Gasteiger partial charge is 0.151 e. The van der Waals surface area contributed by atoms with E-state index in [9.17, 15) is 8.42 Å². The van der Waals surface area contributed by atoms with Crippen molar-refractivity contribution in [3.8, 4) is 0 Å². The summed E-state index contributed by atoms with van der Waals surface area (Å²) >= 11 is 0. The van der Waals surface area contributed by atoms with Crippen molar-refractivity contribution in [1.29, 1.82) is 0 Å². The van der Waals surface area contributed by atoms with E-state index >= 15 is 0 Å². The van der Waals surface area contributed by atoms with Crippen LogP contribution >= 0.6 is 0 Å². The van der Waals surface area contributed by atoms with Crippen molar-refractivity contribution in [1.82, 2.24) is 9.80 Å². The van der Waals surface area contributed by atoms with Gasteiger partial charge in [0.25, 0.3) is 0 Å². The van der Waals surface area contributed by atoms with Gasteiger partial charge in [0, 0.05) is 44.8 Å². The van der Waals surface area contributed by atoms with Crippen molar-refractivity contribution < 1.29 is 8.42 Å². The highest BCUT2D eigenvalue weighted by molar-refractivity contribution is 7.91. The van der Waals surface area contributed by atoms with E-state index in [4.69, 9.17) is 5.73 Å². The topological polar surface area (TPSA) is 66.6 Å². The Morgan fingerprint density at radius 1 is 1.28 bits per heavy atom. The first-order valence-corrected chi connectivity index (χ1v) is 8.76. The molecular formula is C12H25N3O2S. The fourth-order valence-corrected chi connectivity index (χ4v) is 4.87. The van der Waals surface area contributed by atoms with Gasteiger partial charge in [0.15, 0.2) is 9.84 Å². The summed E-state index contributed by atoms with van der Waals surface area (Å²) in [6.07, 6.45) is 1.91. The lowest BCUT2D eigenvalue weighted by atomic mass is 10.1. The van der Waals surface area contributed by atoms with Crippen molar-refractivity contribution in [2.24, 2.45) is 5.73 Å². The lowest BCUT2D eigenvalue weighted by Crippen LogP contribution is -2.54. The van der Waals surface area contributed by atoms with Gasteiger partial charge in [0.1, 0.15) is 0 Å².